The van der Waals surface area contributed by atoms with E-state index in [9.17, 15) is 4.79 Å². The van der Waals surface area contributed by atoms with Gasteiger partial charge in [-0.25, -0.2) is 4.79 Å². The molecule has 1 aliphatic carbocycles. The SMILES string of the molecule is CC(C)(C)OC(=O)NC1(CNCC2CCNCC2)CCC1. The van der Waals surface area contributed by atoms with E-state index in [2.05, 4.69) is 16.0 Å². The number of carbonyl (C=O) groups is 1. The van der Waals surface area contributed by atoms with Crippen LogP contribution in [0.3, 0.4) is 0 Å². The van der Waals surface area contributed by atoms with Gasteiger partial charge in [-0.05, 0) is 78.4 Å². The Bertz CT molecular complexity index is 342. The maximum atomic E-state index is 12.0. The largest absolute Gasteiger partial charge is 0.444 e. The molecule has 1 saturated carbocycles. The number of hydrogen-bond acceptors (Lipinski definition) is 4. The Hall–Kier alpha value is -0.810. The number of carbonyl (C=O) groups excluding carboxylic acids is 1. The van der Waals surface area contributed by atoms with Crippen LogP contribution in [0.4, 0.5) is 4.79 Å². The monoisotopic (exact) mass is 297 g/mol. The number of hydrogen-bond donors (Lipinski definition) is 3. The highest BCUT2D eigenvalue weighted by molar-refractivity contribution is 5.69. The Morgan fingerprint density at radius 2 is 1.95 bits per heavy atom. The molecule has 21 heavy (non-hydrogen) atoms. The van der Waals surface area contributed by atoms with Crippen LogP contribution in [-0.2, 0) is 4.74 Å². The molecule has 1 heterocycles. The number of amides is 1. The fourth-order valence-corrected chi connectivity index (χ4v) is 3.07. The Kier molecular flexibility index (Phi) is 5.49. The van der Waals surface area contributed by atoms with Gasteiger partial charge in [-0.15, -0.1) is 0 Å². The Balaban J connectivity index is 1.72. The molecule has 2 fully saturated rings. The summed E-state index contributed by atoms with van der Waals surface area (Å²) in [6.45, 7) is 9.87. The fourth-order valence-electron chi connectivity index (χ4n) is 3.07. The van der Waals surface area contributed by atoms with Gasteiger partial charge in [0.15, 0.2) is 0 Å². The maximum absolute atomic E-state index is 12.0. The average Bonchev–Trinajstić information content (AvgIpc) is 2.34. The normalized spacial score (nSPS) is 22.4. The molecule has 0 unspecified atom stereocenters. The number of piperidine rings is 1. The van der Waals surface area contributed by atoms with Gasteiger partial charge in [0.05, 0.1) is 5.54 Å². The van der Waals surface area contributed by atoms with Gasteiger partial charge >= 0.3 is 6.09 Å². The molecule has 2 rings (SSSR count). The molecule has 1 amide bonds. The first kappa shape index (κ1) is 16.6. The van der Waals surface area contributed by atoms with E-state index in [1.54, 1.807) is 0 Å². The second-order valence-corrected chi connectivity index (χ2v) is 7.59. The lowest BCUT2D eigenvalue weighted by atomic mass is 9.76. The maximum Gasteiger partial charge on any atom is 0.408 e. The first-order valence-electron chi connectivity index (χ1n) is 8.31. The molecule has 0 radical (unpaired) electrons. The molecule has 0 aromatic carbocycles. The molecule has 0 aromatic rings. The van der Waals surface area contributed by atoms with Crippen LogP contribution in [0.2, 0.25) is 0 Å². The van der Waals surface area contributed by atoms with Crippen LogP contribution in [0.1, 0.15) is 52.9 Å². The predicted octanol–water partition coefficient (Wildman–Crippen LogP) is 2.02. The van der Waals surface area contributed by atoms with Crippen LogP contribution in [0, 0.1) is 5.92 Å². The Morgan fingerprint density at radius 1 is 1.29 bits per heavy atom. The molecule has 0 aromatic heterocycles. The van der Waals surface area contributed by atoms with Crippen molar-refractivity contribution in [3.63, 3.8) is 0 Å². The molecular weight excluding hydrogens is 266 g/mol. The summed E-state index contributed by atoms with van der Waals surface area (Å²) in [5, 5.41) is 10.0. The first-order valence-corrected chi connectivity index (χ1v) is 8.31. The lowest BCUT2D eigenvalue weighted by molar-refractivity contribution is 0.0381. The molecule has 5 heteroatoms. The third kappa shape index (κ3) is 5.47. The predicted molar refractivity (Wildman–Crippen MR) is 84.4 cm³/mol. The smallest absolute Gasteiger partial charge is 0.408 e. The number of ether oxygens (including phenoxy) is 1. The van der Waals surface area contributed by atoms with Crippen LogP contribution >= 0.6 is 0 Å². The van der Waals surface area contributed by atoms with Crippen molar-refractivity contribution >= 4 is 6.09 Å². The Morgan fingerprint density at radius 3 is 2.48 bits per heavy atom. The zero-order valence-corrected chi connectivity index (χ0v) is 13.8. The van der Waals surface area contributed by atoms with Crippen molar-refractivity contribution in [2.75, 3.05) is 26.2 Å². The molecular formula is C16H31N3O2. The van der Waals surface area contributed by atoms with Gasteiger partial charge in [0.1, 0.15) is 5.60 Å². The standard InChI is InChI=1S/C16H31N3O2/c1-15(2,3)21-14(20)19-16(7-4-8-16)12-18-11-13-5-9-17-10-6-13/h13,17-18H,4-12H2,1-3H3,(H,19,20). The molecule has 122 valence electrons. The topological polar surface area (TPSA) is 62.4 Å². The quantitative estimate of drug-likeness (QED) is 0.726. The summed E-state index contributed by atoms with van der Waals surface area (Å²) in [5.74, 6) is 0.768. The van der Waals surface area contributed by atoms with Crippen molar-refractivity contribution in [2.24, 2.45) is 5.92 Å². The fraction of sp³-hybridized carbons (Fsp3) is 0.938. The van der Waals surface area contributed by atoms with Crippen molar-refractivity contribution in [1.29, 1.82) is 0 Å². The Labute approximate surface area is 128 Å². The molecule has 3 N–H and O–H groups in total. The zero-order chi connectivity index (χ0) is 15.3. The summed E-state index contributed by atoms with van der Waals surface area (Å²) in [7, 11) is 0. The van der Waals surface area contributed by atoms with Gasteiger partial charge in [0.2, 0.25) is 0 Å². The number of nitrogens with one attached hydrogen (secondary N) is 3. The third-order valence-corrected chi connectivity index (χ3v) is 4.43. The summed E-state index contributed by atoms with van der Waals surface area (Å²) >= 11 is 0. The average molecular weight is 297 g/mol. The van der Waals surface area contributed by atoms with E-state index in [0.29, 0.717) is 0 Å². The van der Waals surface area contributed by atoms with Crippen LogP contribution in [0.15, 0.2) is 0 Å². The number of rotatable bonds is 5. The highest BCUT2D eigenvalue weighted by Crippen LogP contribution is 2.31. The van der Waals surface area contributed by atoms with Crippen LogP contribution in [0.25, 0.3) is 0 Å². The van der Waals surface area contributed by atoms with E-state index in [1.165, 1.54) is 19.3 Å². The van der Waals surface area contributed by atoms with Gasteiger partial charge in [-0.2, -0.15) is 0 Å². The van der Waals surface area contributed by atoms with Crippen molar-refractivity contribution in [1.82, 2.24) is 16.0 Å². The van der Waals surface area contributed by atoms with Gasteiger partial charge in [0, 0.05) is 6.54 Å². The van der Waals surface area contributed by atoms with Crippen LogP contribution in [-0.4, -0.2) is 43.4 Å². The summed E-state index contributed by atoms with van der Waals surface area (Å²) in [6, 6.07) is 0. The zero-order valence-electron chi connectivity index (χ0n) is 13.8. The lowest BCUT2D eigenvalue weighted by Gasteiger charge is -2.43. The van der Waals surface area contributed by atoms with Gasteiger partial charge in [-0.1, -0.05) is 0 Å². The van der Waals surface area contributed by atoms with Gasteiger partial charge in [-0.3, -0.25) is 0 Å². The van der Waals surface area contributed by atoms with E-state index in [1.807, 2.05) is 20.8 Å². The van der Waals surface area contributed by atoms with E-state index >= 15 is 0 Å². The summed E-state index contributed by atoms with van der Waals surface area (Å²) < 4.78 is 5.38. The highest BCUT2D eigenvalue weighted by Gasteiger charge is 2.39. The molecule has 1 aliphatic heterocycles. The van der Waals surface area contributed by atoms with E-state index in [4.69, 9.17) is 4.74 Å². The highest BCUT2D eigenvalue weighted by atomic mass is 16.6. The molecule has 0 spiro atoms. The molecule has 1 saturated heterocycles. The second-order valence-electron chi connectivity index (χ2n) is 7.59. The second kappa shape index (κ2) is 6.97. The summed E-state index contributed by atoms with van der Waals surface area (Å²) in [5.41, 5.74) is -0.521. The third-order valence-electron chi connectivity index (χ3n) is 4.43. The van der Waals surface area contributed by atoms with Crippen molar-refractivity contribution in [2.45, 2.75) is 64.0 Å². The van der Waals surface area contributed by atoms with E-state index in [0.717, 1.165) is 44.9 Å². The molecule has 5 nitrogen and oxygen atoms in total. The minimum absolute atomic E-state index is 0.0880. The minimum atomic E-state index is -0.433. The van der Waals surface area contributed by atoms with Gasteiger partial charge in [0.25, 0.3) is 0 Å². The molecule has 0 bridgehead atoms. The van der Waals surface area contributed by atoms with E-state index in [-0.39, 0.29) is 11.6 Å². The molecule has 0 atom stereocenters. The number of alkyl carbamates (subject to hydrolysis) is 1. The van der Waals surface area contributed by atoms with Gasteiger partial charge < -0.3 is 20.7 Å². The van der Waals surface area contributed by atoms with Crippen LogP contribution < -0.4 is 16.0 Å². The minimum Gasteiger partial charge on any atom is -0.444 e. The summed E-state index contributed by atoms with van der Waals surface area (Å²) in [6.07, 6.45) is 5.49. The van der Waals surface area contributed by atoms with E-state index < -0.39 is 5.60 Å². The van der Waals surface area contributed by atoms with Crippen molar-refractivity contribution in [3.05, 3.63) is 0 Å². The lowest BCUT2D eigenvalue weighted by Crippen LogP contribution is -2.60. The molecule has 2 aliphatic rings. The van der Waals surface area contributed by atoms with Crippen LogP contribution in [0.5, 0.6) is 0 Å². The van der Waals surface area contributed by atoms with Crippen molar-refractivity contribution in [3.8, 4) is 0 Å². The summed E-state index contributed by atoms with van der Waals surface area (Å²) in [4.78, 5) is 12.0. The van der Waals surface area contributed by atoms with Crippen molar-refractivity contribution < 1.29 is 9.53 Å². The first-order chi connectivity index (χ1) is 9.89.